The number of carbonyl (C=O) groups excluding carboxylic acids is 1. The van der Waals surface area contributed by atoms with Crippen LogP contribution in [0, 0.1) is 10.8 Å². The number of benzene rings is 1. The Labute approximate surface area is 203 Å². The lowest BCUT2D eigenvalue weighted by Gasteiger charge is -2.57. The number of allylic oxidation sites excluding steroid dienone is 1. The average Bonchev–Trinajstić information content (AvgIpc) is 2.82. The fraction of sp³-hybridized carbons (Fsp3) is 0.333. The van der Waals surface area contributed by atoms with E-state index in [0.717, 1.165) is 48.6 Å². The molecular formula is C27H29N5O3. The molecule has 2 fully saturated rings. The van der Waals surface area contributed by atoms with Gasteiger partial charge >= 0.3 is 0 Å². The summed E-state index contributed by atoms with van der Waals surface area (Å²) < 4.78 is 5.43. The van der Waals surface area contributed by atoms with Crippen molar-refractivity contribution in [1.82, 2.24) is 20.8 Å². The summed E-state index contributed by atoms with van der Waals surface area (Å²) in [5.41, 5.74) is 2.89. The summed E-state index contributed by atoms with van der Waals surface area (Å²) >= 11 is 0. The van der Waals surface area contributed by atoms with E-state index in [4.69, 9.17) is 10.1 Å². The number of carbonyl (C=O) groups is 1. The predicted octanol–water partition coefficient (Wildman–Crippen LogP) is 3.22. The van der Waals surface area contributed by atoms with E-state index >= 15 is 0 Å². The molecule has 180 valence electrons. The summed E-state index contributed by atoms with van der Waals surface area (Å²) in [5.74, 6) is 0.0802. The number of fused-ring (bicyclic) bond motifs is 1. The van der Waals surface area contributed by atoms with E-state index in [-0.39, 0.29) is 22.9 Å². The van der Waals surface area contributed by atoms with Gasteiger partial charge in [-0.25, -0.2) is 5.10 Å². The number of H-pyrrole nitrogens is 1. The zero-order chi connectivity index (χ0) is 24.4. The van der Waals surface area contributed by atoms with Crippen molar-refractivity contribution in [2.75, 3.05) is 13.2 Å². The van der Waals surface area contributed by atoms with E-state index in [2.05, 4.69) is 27.4 Å². The number of nitrogens with one attached hydrogen (secondary N) is 4. The van der Waals surface area contributed by atoms with Gasteiger partial charge in [-0.3, -0.25) is 9.59 Å². The topological polar surface area (TPSA) is 120 Å². The fourth-order valence-corrected chi connectivity index (χ4v) is 5.55. The van der Waals surface area contributed by atoms with E-state index in [1.54, 1.807) is 18.4 Å². The highest BCUT2D eigenvalue weighted by Gasteiger charge is 2.54. The number of hydrogen-bond donors (Lipinski definition) is 4. The van der Waals surface area contributed by atoms with Crippen LogP contribution in [0.5, 0.6) is 0 Å². The van der Waals surface area contributed by atoms with Crippen LogP contribution in [0.3, 0.4) is 0 Å². The lowest BCUT2D eigenvalue weighted by atomic mass is 9.49. The molecule has 35 heavy (non-hydrogen) atoms. The molecule has 1 aromatic carbocycles. The Bertz CT molecular complexity index is 1320. The van der Waals surface area contributed by atoms with Crippen molar-refractivity contribution in [3.05, 3.63) is 88.2 Å². The number of amides is 1. The molecule has 1 spiro atoms. The van der Waals surface area contributed by atoms with Gasteiger partial charge in [0.15, 0.2) is 0 Å². The number of dihydropyridines is 1. The van der Waals surface area contributed by atoms with E-state index in [0.29, 0.717) is 35.8 Å². The summed E-state index contributed by atoms with van der Waals surface area (Å²) in [7, 11) is 0. The molecule has 2 aromatic rings. The van der Waals surface area contributed by atoms with Gasteiger partial charge in [0, 0.05) is 29.8 Å². The third-order valence-corrected chi connectivity index (χ3v) is 7.23. The molecule has 1 aliphatic heterocycles. The van der Waals surface area contributed by atoms with Crippen molar-refractivity contribution in [2.45, 2.75) is 37.6 Å². The molecule has 1 amide bonds. The number of aromatic nitrogens is 2. The molecule has 5 rings (SSSR count). The molecule has 0 saturated heterocycles. The first-order valence-electron chi connectivity index (χ1n) is 11.9. The smallest absolute Gasteiger partial charge is 0.272 e. The standard InChI is InChI=1S/C27H29N5O3/c1-2-9-35-16-17-7-8-23(29-15-17)22(14-28)25(33)30-19-12-27(13-19)10-18(11-27)24-20-5-3-4-6-21(20)26(34)32-31-24/h2-8,14-15,18-19,28-29H,1,9-13,16H2,(H,30,33)(H,32,34)/b23-22+,28-14?/t18-,19-,27?. The van der Waals surface area contributed by atoms with Gasteiger partial charge in [-0.1, -0.05) is 30.4 Å². The quantitative estimate of drug-likeness (QED) is 0.204. The third kappa shape index (κ3) is 4.49. The van der Waals surface area contributed by atoms with E-state index in [1.165, 1.54) is 0 Å². The Morgan fingerprint density at radius 1 is 1.23 bits per heavy atom. The first-order valence-corrected chi connectivity index (χ1v) is 11.9. The summed E-state index contributed by atoms with van der Waals surface area (Å²) in [4.78, 5) is 24.9. The molecule has 0 atom stereocenters. The zero-order valence-corrected chi connectivity index (χ0v) is 19.5. The first kappa shape index (κ1) is 23.0. The molecule has 4 N–H and O–H groups in total. The fourth-order valence-electron chi connectivity index (χ4n) is 5.55. The minimum absolute atomic E-state index is 0.102. The number of ether oxygens (including phenoxy) is 1. The molecule has 8 heteroatoms. The Hall–Kier alpha value is -3.78. The van der Waals surface area contributed by atoms with Gasteiger partial charge in [-0.05, 0) is 48.8 Å². The van der Waals surface area contributed by atoms with Gasteiger partial charge in [0.1, 0.15) is 0 Å². The van der Waals surface area contributed by atoms with Gasteiger partial charge < -0.3 is 20.8 Å². The summed E-state index contributed by atoms with van der Waals surface area (Å²) in [6.07, 6.45) is 12.1. The summed E-state index contributed by atoms with van der Waals surface area (Å²) in [6.45, 7) is 4.55. The molecule has 2 heterocycles. The minimum atomic E-state index is -0.240. The van der Waals surface area contributed by atoms with Gasteiger partial charge in [-0.15, -0.1) is 6.58 Å². The molecule has 0 radical (unpaired) electrons. The average molecular weight is 472 g/mol. The van der Waals surface area contributed by atoms with Crippen LogP contribution in [0.25, 0.3) is 10.8 Å². The van der Waals surface area contributed by atoms with E-state index in [1.807, 2.05) is 30.3 Å². The van der Waals surface area contributed by atoms with Crippen molar-refractivity contribution >= 4 is 22.9 Å². The SMILES string of the molecule is C=CCOCC1=CN/C(=C(\C=N)C(=O)N[C@H]2CC3(C2)C[C@H](c2n[nH]c(=O)c4ccccc42)C3)C=C1. The highest BCUT2D eigenvalue weighted by atomic mass is 16.5. The number of aromatic amines is 1. The normalized spacial score (nSPS) is 26.2. The molecule has 1 aromatic heterocycles. The van der Waals surface area contributed by atoms with Crippen LogP contribution in [0.1, 0.15) is 37.3 Å². The van der Waals surface area contributed by atoms with Crippen LogP contribution in [0.15, 0.2) is 76.9 Å². The van der Waals surface area contributed by atoms with Gasteiger partial charge in [0.2, 0.25) is 0 Å². The maximum atomic E-state index is 12.9. The molecule has 2 saturated carbocycles. The van der Waals surface area contributed by atoms with Crippen LogP contribution in [0.2, 0.25) is 0 Å². The molecule has 0 bridgehead atoms. The Morgan fingerprint density at radius 3 is 2.69 bits per heavy atom. The highest BCUT2D eigenvalue weighted by Crippen LogP contribution is 2.62. The van der Waals surface area contributed by atoms with Crippen molar-refractivity contribution < 1.29 is 9.53 Å². The number of nitrogens with zero attached hydrogens (tertiary/aromatic N) is 1. The highest BCUT2D eigenvalue weighted by molar-refractivity contribution is 6.12. The molecule has 3 aliphatic rings. The number of rotatable bonds is 8. The lowest BCUT2D eigenvalue weighted by Crippen LogP contribution is -2.56. The van der Waals surface area contributed by atoms with Crippen LogP contribution in [-0.4, -0.2) is 41.6 Å². The third-order valence-electron chi connectivity index (χ3n) is 7.23. The Kier molecular flexibility index (Phi) is 6.21. The van der Waals surface area contributed by atoms with Crippen LogP contribution in [-0.2, 0) is 9.53 Å². The second kappa shape index (κ2) is 9.46. The van der Waals surface area contributed by atoms with Gasteiger partial charge in [0.05, 0.1) is 35.6 Å². The number of hydrogen-bond acceptors (Lipinski definition) is 6. The van der Waals surface area contributed by atoms with Crippen LogP contribution in [0.4, 0.5) is 0 Å². The second-order valence-electron chi connectivity index (χ2n) is 9.64. The zero-order valence-electron chi connectivity index (χ0n) is 19.5. The molecule has 0 unspecified atom stereocenters. The lowest BCUT2D eigenvalue weighted by molar-refractivity contribution is -0.120. The van der Waals surface area contributed by atoms with Crippen molar-refractivity contribution in [3.63, 3.8) is 0 Å². The van der Waals surface area contributed by atoms with Crippen LogP contribution < -0.4 is 16.2 Å². The summed E-state index contributed by atoms with van der Waals surface area (Å²) in [5, 5.41) is 22.6. The summed E-state index contributed by atoms with van der Waals surface area (Å²) in [6, 6.07) is 7.71. The van der Waals surface area contributed by atoms with Crippen LogP contribution >= 0.6 is 0 Å². The molecule has 2 aliphatic carbocycles. The maximum absolute atomic E-state index is 12.9. The molecular weight excluding hydrogens is 442 g/mol. The monoisotopic (exact) mass is 471 g/mol. The first-order chi connectivity index (χ1) is 17.0. The largest absolute Gasteiger partial charge is 0.373 e. The Morgan fingerprint density at radius 2 is 2.00 bits per heavy atom. The van der Waals surface area contributed by atoms with Gasteiger partial charge in [-0.2, -0.15) is 5.10 Å². The maximum Gasteiger partial charge on any atom is 0.272 e. The predicted molar refractivity (Wildman–Crippen MR) is 135 cm³/mol. The van der Waals surface area contributed by atoms with E-state index in [9.17, 15) is 9.59 Å². The Balaban J connectivity index is 1.16. The van der Waals surface area contributed by atoms with Crippen molar-refractivity contribution in [1.29, 1.82) is 5.41 Å². The van der Waals surface area contributed by atoms with Gasteiger partial charge in [0.25, 0.3) is 11.5 Å². The molecule has 8 nitrogen and oxygen atoms in total. The van der Waals surface area contributed by atoms with Crippen molar-refractivity contribution in [3.8, 4) is 0 Å². The van der Waals surface area contributed by atoms with Crippen molar-refractivity contribution in [2.24, 2.45) is 5.41 Å². The van der Waals surface area contributed by atoms with E-state index < -0.39 is 0 Å². The second-order valence-corrected chi connectivity index (χ2v) is 9.64. The minimum Gasteiger partial charge on any atom is -0.373 e.